The molecular formula is C18H27NO5. The molecule has 6 heteroatoms. The number of methoxy groups -OCH3 is 1. The Morgan fingerprint density at radius 3 is 2.46 bits per heavy atom. The minimum atomic E-state index is -0.933. The minimum absolute atomic E-state index is 0.131. The first kappa shape index (κ1) is 19.8. The molecule has 0 fully saturated rings. The van der Waals surface area contributed by atoms with Crippen LogP contribution in [0.1, 0.15) is 37.6 Å². The molecule has 1 N–H and O–H groups in total. The van der Waals surface area contributed by atoms with Crippen LogP contribution in [0, 0.1) is 11.8 Å². The van der Waals surface area contributed by atoms with Crippen molar-refractivity contribution in [3.05, 3.63) is 23.8 Å². The van der Waals surface area contributed by atoms with Gasteiger partial charge in [0.1, 0.15) is 11.5 Å². The van der Waals surface area contributed by atoms with Gasteiger partial charge in [0.25, 0.3) is 5.91 Å². The number of carbonyl (C=O) groups excluding carboxylic acids is 1. The molecule has 0 bridgehead atoms. The number of hydrogen-bond donors (Lipinski definition) is 1. The Balaban J connectivity index is 2.94. The van der Waals surface area contributed by atoms with Crippen molar-refractivity contribution in [3.8, 4) is 11.5 Å². The average molecular weight is 337 g/mol. The van der Waals surface area contributed by atoms with Crippen molar-refractivity contribution >= 4 is 11.9 Å². The Bertz CT molecular complexity index is 571. The summed E-state index contributed by atoms with van der Waals surface area (Å²) in [5.41, 5.74) is 0.402. The number of hydrogen-bond acceptors (Lipinski definition) is 4. The summed E-state index contributed by atoms with van der Waals surface area (Å²) in [5.74, 6) is -0.290. The van der Waals surface area contributed by atoms with Crippen molar-refractivity contribution in [2.24, 2.45) is 11.8 Å². The lowest BCUT2D eigenvalue weighted by Crippen LogP contribution is -2.34. The topological polar surface area (TPSA) is 76.1 Å². The lowest BCUT2D eigenvalue weighted by Gasteiger charge is -2.21. The predicted molar refractivity (Wildman–Crippen MR) is 91.7 cm³/mol. The maximum Gasteiger partial charge on any atom is 0.308 e. The van der Waals surface area contributed by atoms with Crippen LogP contribution in [0.25, 0.3) is 0 Å². The van der Waals surface area contributed by atoms with Crippen LogP contribution in [0.4, 0.5) is 0 Å². The van der Waals surface area contributed by atoms with Crippen molar-refractivity contribution in [2.75, 3.05) is 27.3 Å². The lowest BCUT2D eigenvalue weighted by atomic mass is 10.1. The molecule has 0 saturated carbocycles. The third-order valence-corrected chi connectivity index (χ3v) is 3.69. The second-order valence-corrected chi connectivity index (χ2v) is 6.32. The van der Waals surface area contributed by atoms with Gasteiger partial charge in [-0.2, -0.15) is 0 Å². The molecule has 6 nitrogen and oxygen atoms in total. The molecule has 1 amide bonds. The molecule has 0 aromatic heterocycles. The number of rotatable bonds is 9. The van der Waals surface area contributed by atoms with E-state index in [9.17, 15) is 9.59 Å². The van der Waals surface area contributed by atoms with Gasteiger partial charge in [-0.15, -0.1) is 0 Å². The summed E-state index contributed by atoms with van der Waals surface area (Å²) >= 11 is 0. The van der Waals surface area contributed by atoms with Crippen molar-refractivity contribution in [3.63, 3.8) is 0 Å². The maximum absolute atomic E-state index is 12.6. The van der Waals surface area contributed by atoms with E-state index < -0.39 is 11.9 Å². The summed E-state index contributed by atoms with van der Waals surface area (Å²) in [6.45, 7) is 6.40. The number of nitrogens with zero attached hydrogens (tertiary/aromatic N) is 1. The normalized spacial score (nSPS) is 11.9. The van der Waals surface area contributed by atoms with Crippen molar-refractivity contribution in [1.82, 2.24) is 4.90 Å². The number of aliphatic carboxylic acids is 1. The van der Waals surface area contributed by atoms with Gasteiger partial charge in [-0.3, -0.25) is 9.59 Å². The Labute approximate surface area is 143 Å². The molecule has 1 atom stereocenters. The molecule has 0 saturated heterocycles. The van der Waals surface area contributed by atoms with E-state index in [1.807, 2.05) is 0 Å². The van der Waals surface area contributed by atoms with Crippen molar-refractivity contribution in [1.29, 1.82) is 0 Å². The Morgan fingerprint density at radius 2 is 1.92 bits per heavy atom. The Morgan fingerprint density at radius 1 is 1.25 bits per heavy atom. The highest BCUT2D eigenvalue weighted by Gasteiger charge is 2.21. The third kappa shape index (κ3) is 5.76. The van der Waals surface area contributed by atoms with Gasteiger partial charge >= 0.3 is 5.97 Å². The van der Waals surface area contributed by atoms with Gasteiger partial charge in [-0.05, 0) is 24.5 Å². The lowest BCUT2D eigenvalue weighted by molar-refractivity contribution is -0.141. The fraction of sp³-hybridized carbons (Fsp3) is 0.556. The van der Waals surface area contributed by atoms with Crippen LogP contribution in [-0.2, 0) is 4.79 Å². The first-order valence-corrected chi connectivity index (χ1v) is 8.05. The van der Waals surface area contributed by atoms with Gasteiger partial charge in [-0.25, -0.2) is 0 Å². The first-order chi connectivity index (χ1) is 11.3. The van der Waals surface area contributed by atoms with Crippen LogP contribution in [0.15, 0.2) is 18.2 Å². The van der Waals surface area contributed by atoms with Gasteiger partial charge in [0.2, 0.25) is 0 Å². The van der Waals surface area contributed by atoms with Crippen molar-refractivity contribution in [2.45, 2.75) is 27.2 Å². The number of carbonyl (C=O) groups is 2. The van der Waals surface area contributed by atoms with E-state index in [0.717, 1.165) is 6.42 Å². The quantitative estimate of drug-likeness (QED) is 0.750. The summed E-state index contributed by atoms with van der Waals surface area (Å²) in [5, 5.41) is 9.00. The second kappa shape index (κ2) is 9.15. The number of amides is 1. The zero-order valence-corrected chi connectivity index (χ0v) is 15.0. The van der Waals surface area contributed by atoms with Crippen LogP contribution in [-0.4, -0.2) is 49.2 Å². The highest BCUT2D eigenvalue weighted by atomic mass is 16.5. The monoisotopic (exact) mass is 337 g/mol. The Hall–Kier alpha value is -2.24. The number of ether oxygens (including phenoxy) is 2. The number of carboxylic acids is 1. The zero-order valence-electron chi connectivity index (χ0n) is 15.0. The van der Waals surface area contributed by atoms with E-state index in [1.54, 1.807) is 39.3 Å². The molecule has 1 aromatic rings. The fourth-order valence-corrected chi connectivity index (χ4v) is 2.11. The molecule has 24 heavy (non-hydrogen) atoms. The van der Waals surface area contributed by atoms with Gasteiger partial charge in [-0.1, -0.05) is 20.8 Å². The summed E-state index contributed by atoms with van der Waals surface area (Å²) in [6.07, 6.45) is 0.872. The van der Waals surface area contributed by atoms with Crippen LogP contribution in [0.5, 0.6) is 11.5 Å². The van der Waals surface area contributed by atoms with E-state index >= 15 is 0 Å². The molecule has 0 aliphatic rings. The molecule has 0 spiro atoms. The fourth-order valence-electron chi connectivity index (χ4n) is 2.11. The van der Waals surface area contributed by atoms with E-state index in [1.165, 1.54) is 4.90 Å². The van der Waals surface area contributed by atoms with Gasteiger partial charge in [0, 0.05) is 19.7 Å². The standard InChI is InChI=1S/C18H27NO5/c1-12(2)8-9-24-16-10-14(23-5)6-7-15(16)17(20)19(4)11-13(3)18(21)22/h6-7,10,12-13H,8-9,11H2,1-5H3,(H,21,22). The van der Waals surface area contributed by atoms with Crippen molar-refractivity contribution < 1.29 is 24.2 Å². The van der Waals surface area contributed by atoms with Crippen LogP contribution >= 0.6 is 0 Å². The molecule has 0 aliphatic carbocycles. The molecule has 0 radical (unpaired) electrons. The SMILES string of the molecule is COc1ccc(C(=O)N(C)CC(C)C(=O)O)c(OCCC(C)C)c1. The molecule has 0 aliphatic heterocycles. The van der Waals surface area contributed by atoms with Crippen LogP contribution in [0.3, 0.4) is 0 Å². The number of carboxylic acid groups (broad SMARTS) is 1. The van der Waals surface area contributed by atoms with Crippen LogP contribution in [0.2, 0.25) is 0 Å². The van der Waals surface area contributed by atoms with Gasteiger partial charge < -0.3 is 19.5 Å². The average Bonchev–Trinajstić information content (AvgIpc) is 2.53. The number of benzene rings is 1. The summed E-state index contributed by atoms with van der Waals surface area (Å²) in [4.78, 5) is 25.0. The first-order valence-electron chi connectivity index (χ1n) is 8.05. The minimum Gasteiger partial charge on any atom is -0.497 e. The van der Waals surface area contributed by atoms with E-state index in [-0.39, 0.29) is 12.5 Å². The third-order valence-electron chi connectivity index (χ3n) is 3.69. The largest absolute Gasteiger partial charge is 0.497 e. The van der Waals surface area contributed by atoms with E-state index in [0.29, 0.717) is 29.6 Å². The van der Waals surface area contributed by atoms with E-state index in [2.05, 4.69) is 13.8 Å². The predicted octanol–water partition coefficient (Wildman–Crippen LogP) is 2.91. The van der Waals surface area contributed by atoms with E-state index in [4.69, 9.17) is 14.6 Å². The molecule has 0 heterocycles. The summed E-state index contributed by atoms with van der Waals surface area (Å²) in [6, 6.07) is 5.02. The molecule has 1 aromatic carbocycles. The Kier molecular flexibility index (Phi) is 7.55. The zero-order chi connectivity index (χ0) is 18.3. The second-order valence-electron chi connectivity index (χ2n) is 6.32. The highest BCUT2D eigenvalue weighted by Crippen LogP contribution is 2.26. The van der Waals surface area contributed by atoms with Gasteiger partial charge in [0.15, 0.2) is 0 Å². The highest BCUT2D eigenvalue weighted by molar-refractivity contribution is 5.97. The molecule has 1 rings (SSSR count). The smallest absolute Gasteiger partial charge is 0.308 e. The van der Waals surface area contributed by atoms with Gasteiger partial charge in [0.05, 0.1) is 25.2 Å². The molecule has 1 unspecified atom stereocenters. The summed E-state index contributed by atoms with van der Waals surface area (Å²) < 4.78 is 11.0. The molecule has 134 valence electrons. The summed E-state index contributed by atoms with van der Waals surface area (Å²) in [7, 11) is 3.14. The maximum atomic E-state index is 12.6. The molecular weight excluding hydrogens is 310 g/mol. The van der Waals surface area contributed by atoms with Crippen LogP contribution < -0.4 is 9.47 Å².